The van der Waals surface area contributed by atoms with Crippen LogP contribution in [-0.2, 0) is 4.74 Å². The van der Waals surface area contributed by atoms with E-state index < -0.39 is 17.8 Å². The maximum atomic E-state index is 11.8. The molecule has 2 aromatic rings. The number of aliphatic hydroxyl groups is 1. The predicted molar refractivity (Wildman–Crippen MR) is 76.6 cm³/mol. The summed E-state index contributed by atoms with van der Waals surface area (Å²) in [5.41, 5.74) is 0.315. The van der Waals surface area contributed by atoms with E-state index in [0.29, 0.717) is 11.2 Å². The summed E-state index contributed by atoms with van der Waals surface area (Å²) in [5, 5.41) is 16.3. The van der Waals surface area contributed by atoms with Gasteiger partial charge in [-0.2, -0.15) is 5.10 Å². The van der Waals surface area contributed by atoms with Crippen LogP contribution in [0.4, 0.5) is 10.6 Å². The summed E-state index contributed by atoms with van der Waals surface area (Å²) in [6.07, 6.45) is 4.74. The Morgan fingerprint density at radius 1 is 1.52 bits per heavy atom. The van der Waals surface area contributed by atoms with E-state index >= 15 is 0 Å². The predicted octanol–water partition coefficient (Wildman–Crippen LogP) is 1.74. The molecule has 0 aliphatic heterocycles. The number of ether oxygens (including phenoxy) is 1. The van der Waals surface area contributed by atoms with Crippen LogP contribution in [0.3, 0.4) is 0 Å². The van der Waals surface area contributed by atoms with Crippen LogP contribution in [0.15, 0.2) is 18.5 Å². The largest absolute Gasteiger partial charge is 0.444 e. The van der Waals surface area contributed by atoms with Gasteiger partial charge in [0.1, 0.15) is 17.4 Å². The first kappa shape index (κ1) is 14.8. The van der Waals surface area contributed by atoms with E-state index in [1.54, 1.807) is 32.9 Å². The number of aromatic nitrogens is 3. The van der Waals surface area contributed by atoms with Crippen molar-refractivity contribution in [3.8, 4) is 12.3 Å². The number of rotatable bonds is 2. The van der Waals surface area contributed by atoms with Gasteiger partial charge in [-0.25, -0.2) is 14.3 Å². The van der Waals surface area contributed by atoms with E-state index in [4.69, 9.17) is 11.2 Å². The van der Waals surface area contributed by atoms with Crippen molar-refractivity contribution >= 4 is 17.4 Å². The lowest BCUT2D eigenvalue weighted by atomic mass is 10.2. The summed E-state index contributed by atoms with van der Waals surface area (Å²) in [7, 11) is 0. The number of carbonyl (C=O) groups is 1. The van der Waals surface area contributed by atoms with Crippen molar-refractivity contribution in [1.82, 2.24) is 14.6 Å². The third-order valence-electron chi connectivity index (χ3n) is 2.54. The molecule has 7 nitrogen and oxygen atoms in total. The molecule has 0 radical (unpaired) electrons. The highest BCUT2D eigenvalue weighted by Gasteiger charge is 2.19. The number of nitrogens with zero attached hydrogens (tertiary/aromatic N) is 3. The Labute approximate surface area is 121 Å². The van der Waals surface area contributed by atoms with Crippen LogP contribution in [0.1, 0.15) is 32.6 Å². The number of amides is 1. The van der Waals surface area contributed by atoms with E-state index in [-0.39, 0.29) is 5.82 Å². The van der Waals surface area contributed by atoms with Gasteiger partial charge in [-0.15, -0.1) is 6.42 Å². The van der Waals surface area contributed by atoms with Crippen molar-refractivity contribution < 1.29 is 14.6 Å². The average molecular weight is 288 g/mol. The fourth-order valence-corrected chi connectivity index (χ4v) is 1.74. The van der Waals surface area contributed by atoms with Crippen molar-refractivity contribution in [2.45, 2.75) is 32.5 Å². The molecule has 2 heterocycles. The molecule has 0 bridgehead atoms. The quantitative estimate of drug-likeness (QED) is 0.822. The molecule has 110 valence electrons. The summed E-state index contributed by atoms with van der Waals surface area (Å²) in [4.78, 5) is 15.8. The zero-order valence-corrected chi connectivity index (χ0v) is 12.0. The lowest BCUT2D eigenvalue weighted by molar-refractivity contribution is 0.0635. The lowest BCUT2D eigenvalue weighted by Crippen LogP contribution is -2.27. The average Bonchev–Trinajstić information content (AvgIpc) is 2.80. The third-order valence-corrected chi connectivity index (χ3v) is 2.54. The highest BCUT2D eigenvalue weighted by molar-refractivity contribution is 5.88. The minimum absolute atomic E-state index is 0.273. The van der Waals surface area contributed by atoms with E-state index in [2.05, 4.69) is 21.3 Å². The van der Waals surface area contributed by atoms with Crippen LogP contribution in [0.25, 0.3) is 5.52 Å². The topological polar surface area (TPSA) is 88.8 Å². The normalized spacial score (nSPS) is 12.7. The van der Waals surface area contributed by atoms with Crippen molar-refractivity contribution in [2.24, 2.45) is 0 Å². The van der Waals surface area contributed by atoms with Gasteiger partial charge in [0.15, 0.2) is 11.9 Å². The number of hydrogen-bond donors (Lipinski definition) is 2. The van der Waals surface area contributed by atoms with Gasteiger partial charge in [0.05, 0.1) is 5.69 Å². The second kappa shape index (κ2) is 5.42. The zero-order valence-electron chi connectivity index (χ0n) is 12.0. The van der Waals surface area contributed by atoms with Gasteiger partial charge < -0.3 is 9.84 Å². The highest BCUT2D eigenvalue weighted by Crippen LogP contribution is 2.20. The number of anilines is 1. The molecule has 0 saturated heterocycles. The molecule has 2 aromatic heterocycles. The van der Waals surface area contributed by atoms with Crippen LogP contribution in [-0.4, -0.2) is 31.4 Å². The van der Waals surface area contributed by atoms with Gasteiger partial charge in [-0.1, -0.05) is 5.92 Å². The first-order valence-corrected chi connectivity index (χ1v) is 6.28. The number of fused-ring (bicyclic) bond motifs is 1. The van der Waals surface area contributed by atoms with E-state index in [1.807, 2.05) is 0 Å². The van der Waals surface area contributed by atoms with E-state index in [0.717, 1.165) is 0 Å². The van der Waals surface area contributed by atoms with E-state index in [1.165, 1.54) is 10.8 Å². The van der Waals surface area contributed by atoms with Crippen molar-refractivity contribution in [3.63, 3.8) is 0 Å². The molecule has 0 aliphatic rings. The Morgan fingerprint density at radius 3 is 2.86 bits per heavy atom. The fraction of sp³-hybridized carbons (Fsp3) is 0.357. The molecule has 2 N–H and O–H groups in total. The van der Waals surface area contributed by atoms with Gasteiger partial charge in [-0.05, 0) is 32.9 Å². The van der Waals surface area contributed by atoms with Gasteiger partial charge in [0.25, 0.3) is 0 Å². The minimum atomic E-state index is -1.09. The molecule has 7 heteroatoms. The van der Waals surface area contributed by atoms with Crippen LogP contribution >= 0.6 is 0 Å². The van der Waals surface area contributed by atoms with E-state index in [9.17, 15) is 9.90 Å². The second-order valence-electron chi connectivity index (χ2n) is 5.36. The molecule has 2 rings (SSSR count). The smallest absolute Gasteiger partial charge is 0.413 e. The molecule has 0 fully saturated rings. The Balaban J connectivity index is 2.32. The number of nitrogens with one attached hydrogen (secondary N) is 1. The Morgan fingerprint density at radius 2 is 2.24 bits per heavy atom. The molecule has 1 amide bonds. The maximum Gasteiger partial charge on any atom is 0.413 e. The minimum Gasteiger partial charge on any atom is -0.444 e. The summed E-state index contributed by atoms with van der Waals surface area (Å²) in [6, 6.07) is 3.28. The molecule has 0 aliphatic carbocycles. The molecule has 0 aromatic carbocycles. The lowest BCUT2D eigenvalue weighted by Gasteiger charge is -2.19. The molecule has 21 heavy (non-hydrogen) atoms. The SMILES string of the molecule is C#CC(O)c1ccc2c(NC(=O)OC(C)(C)C)ncnn12. The molecule has 1 unspecified atom stereocenters. The summed E-state index contributed by atoms with van der Waals surface area (Å²) >= 11 is 0. The van der Waals surface area contributed by atoms with Crippen molar-refractivity contribution in [1.29, 1.82) is 0 Å². The first-order valence-electron chi connectivity index (χ1n) is 6.28. The number of hydrogen-bond acceptors (Lipinski definition) is 5. The second-order valence-corrected chi connectivity index (χ2v) is 5.36. The fourth-order valence-electron chi connectivity index (χ4n) is 1.74. The number of terminal acetylenes is 1. The Bertz CT molecular complexity index is 709. The van der Waals surface area contributed by atoms with Crippen LogP contribution in [0.5, 0.6) is 0 Å². The summed E-state index contributed by atoms with van der Waals surface area (Å²) < 4.78 is 6.59. The monoisotopic (exact) mass is 288 g/mol. The van der Waals surface area contributed by atoms with Crippen LogP contribution < -0.4 is 5.32 Å². The molecule has 1 atom stereocenters. The zero-order chi connectivity index (χ0) is 15.6. The van der Waals surface area contributed by atoms with Gasteiger partial charge in [0, 0.05) is 0 Å². The molecule has 0 saturated carbocycles. The molecular weight excluding hydrogens is 272 g/mol. The Hall–Kier alpha value is -2.59. The number of carbonyl (C=O) groups excluding carboxylic acids is 1. The van der Waals surface area contributed by atoms with Gasteiger partial charge in [-0.3, -0.25) is 5.32 Å². The van der Waals surface area contributed by atoms with Gasteiger partial charge in [0.2, 0.25) is 0 Å². The Kier molecular flexibility index (Phi) is 3.82. The van der Waals surface area contributed by atoms with Crippen LogP contribution in [0.2, 0.25) is 0 Å². The molecule has 0 spiro atoms. The summed E-state index contributed by atoms with van der Waals surface area (Å²) in [5.74, 6) is 2.49. The summed E-state index contributed by atoms with van der Waals surface area (Å²) in [6.45, 7) is 5.29. The third kappa shape index (κ3) is 3.30. The van der Waals surface area contributed by atoms with Crippen molar-refractivity contribution in [2.75, 3.05) is 5.32 Å². The molecular formula is C14H16N4O3. The first-order chi connectivity index (χ1) is 9.81. The maximum absolute atomic E-state index is 11.8. The highest BCUT2D eigenvalue weighted by atomic mass is 16.6. The van der Waals surface area contributed by atoms with Crippen LogP contribution in [0, 0.1) is 12.3 Å². The standard InChI is InChI=1S/C14H16N4O3/c1-5-11(19)9-6-7-10-12(15-8-16-18(9)10)17-13(20)21-14(2,3)4/h1,6-8,11,19H,2-4H3,(H,15,16,17,20). The van der Waals surface area contributed by atoms with Gasteiger partial charge >= 0.3 is 6.09 Å². The number of aliphatic hydroxyl groups excluding tert-OH is 1. The van der Waals surface area contributed by atoms with Crippen molar-refractivity contribution in [3.05, 3.63) is 24.2 Å².